The molecule has 0 aliphatic heterocycles. The van der Waals surface area contributed by atoms with Crippen molar-refractivity contribution in [2.75, 3.05) is 5.32 Å². The lowest BCUT2D eigenvalue weighted by molar-refractivity contribution is 0.509. The fourth-order valence-electron chi connectivity index (χ4n) is 1.62. The summed E-state index contributed by atoms with van der Waals surface area (Å²) in [6.45, 7) is 4.59. The van der Waals surface area contributed by atoms with E-state index >= 15 is 0 Å². The van der Waals surface area contributed by atoms with Crippen LogP contribution in [0.1, 0.15) is 25.7 Å². The summed E-state index contributed by atoms with van der Waals surface area (Å²) in [6, 6.07) is 5.18. The van der Waals surface area contributed by atoms with Crippen LogP contribution in [0.3, 0.4) is 0 Å². The van der Waals surface area contributed by atoms with Crippen molar-refractivity contribution in [3.8, 4) is 0 Å². The highest BCUT2D eigenvalue weighted by Gasteiger charge is 2.07. The van der Waals surface area contributed by atoms with Gasteiger partial charge in [0.2, 0.25) is 0 Å². The van der Waals surface area contributed by atoms with Crippen LogP contribution in [-0.4, -0.2) is 14.8 Å². The Hall–Kier alpha value is -1.43. The first kappa shape index (κ1) is 13.0. The largest absolute Gasteiger partial charge is 0.378 e. The Kier molecular flexibility index (Phi) is 3.96. The van der Waals surface area contributed by atoms with E-state index in [1.807, 2.05) is 24.6 Å². The third kappa shape index (κ3) is 2.87. The molecular weight excluding hydrogens is 299 g/mol. The number of nitrogens with one attached hydrogen (secondary N) is 1. The maximum absolute atomic E-state index is 13.3. The molecule has 4 nitrogen and oxygen atoms in total. The third-order valence-corrected chi connectivity index (χ3v) is 3.15. The smallest absolute Gasteiger partial charge is 0.146 e. The molecule has 0 atom stereocenters. The third-order valence-electron chi connectivity index (χ3n) is 2.51. The SMILES string of the molecule is CC(C)n1ncnc1CNc1ccc(Br)c(F)c1. The monoisotopic (exact) mass is 312 g/mol. The lowest BCUT2D eigenvalue weighted by atomic mass is 10.3. The summed E-state index contributed by atoms with van der Waals surface area (Å²) >= 11 is 3.12. The zero-order valence-electron chi connectivity index (χ0n) is 10.2. The van der Waals surface area contributed by atoms with Crippen molar-refractivity contribution in [1.29, 1.82) is 0 Å². The van der Waals surface area contributed by atoms with Crippen LogP contribution in [0.5, 0.6) is 0 Å². The Morgan fingerprint density at radius 1 is 1.44 bits per heavy atom. The number of nitrogens with zero attached hydrogens (tertiary/aromatic N) is 3. The second-order valence-electron chi connectivity index (χ2n) is 4.20. The van der Waals surface area contributed by atoms with Crippen molar-refractivity contribution in [1.82, 2.24) is 14.8 Å². The predicted octanol–water partition coefficient (Wildman–Crippen LogP) is 3.37. The van der Waals surface area contributed by atoms with Crippen molar-refractivity contribution >= 4 is 21.6 Å². The molecule has 0 aliphatic carbocycles. The summed E-state index contributed by atoms with van der Waals surface area (Å²) in [5, 5.41) is 7.27. The van der Waals surface area contributed by atoms with Gasteiger partial charge in [0.15, 0.2) is 0 Å². The van der Waals surface area contributed by atoms with Gasteiger partial charge in [-0.2, -0.15) is 5.10 Å². The molecule has 2 aromatic rings. The Balaban J connectivity index is 2.07. The highest BCUT2D eigenvalue weighted by Crippen LogP contribution is 2.19. The van der Waals surface area contributed by atoms with Gasteiger partial charge in [0.05, 0.1) is 11.0 Å². The average molecular weight is 313 g/mol. The van der Waals surface area contributed by atoms with E-state index in [0.717, 1.165) is 5.82 Å². The van der Waals surface area contributed by atoms with Crippen LogP contribution in [0.4, 0.5) is 10.1 Å². The maximum atomic E-state index is 13.3. The maximum Gasteiger partial charge on any atom is 0.146 e. The molecule has 1 heterocycles. The van der Waals surface area contributed by atoms with Crippen molar-refractivity contribution in [2.45, 2.75) is 26.4 Å². The summed E-state index contributed by atoms with van der Waals surface area (Å²) in [7, 11) is 0. The minimum atomic E-state index is -0.287. The van der Waals surface area contributed by atoms with Gasteiger partial charge >= 0.3 is 0 Å². The number of anilines is 1. The van der Waals surface area contributed by atoms with Crippen LogP contribution in [0.25, 0.3) is 0 Å². The van der Waals surface area contributed by atoms with Crippen molar-refractivity contribution in [3.05, 3.63) is 40.6 Å². The lowest BCUT2D eigenvalue weighted by Gasteiger charge is -2.11. The fourth-order valence-corrected chi connectivity index (χ4v) is 1.87. The van der Waals surface area contributed by atoms with Gasteiger partial charge < -0.3 is 5.32 Å². The molecule has 0 spiro atoms. The number of rotatable bonds is 4. The second kappa shape index (κ2) is 5.48. The Morgan fingerprint density at radius 2 is 2.22 bits per heavy atom. The van der Waals surface area contributed by atoms with Gasteiger partial charge in [-0.25, -0.2) is 14.1 Å². The number of hydrogen-bond acceptors (Lipinski definition) is 3. The molecule has 0 radical (unpaired) electrons. The molecule has 0 bridgehead atoms. The molecule has 18 heavy (non-hydrogen) atoms. The molecule has 96 valence electrons. The molecule has 1 aromatic heterocycles. The van der Waals surface area contributed by atoms with E-state index in [0.29, 0.717) is 16.7 Å². The summed E-state index contributed by atoms with van der Waals surface area (Å²) < 4.78 is 15.6. The highest BCUT2D eigenvalue weighted by molar-refractivity contribution is 9.10. The Bertz CT molecular complexity index is 539. The average Bonchev–Trinajstić information content (AvgIpc) is 2.79. The second-order valence-corrected chi connectivity index (χ2v) is 5.05. The first-order valence-electron chi connectivity index (χ1n) is 5.65. The Labute approximate surface area is 113 Å². The summed E-state index contributed by atoms with van der Waals surface area (Å²) in [4.78, 5) is 4.18. The van der Waals surface area contributed by atoms with Crippen LogP contribution in [-0.2, 0) is 6.54 Å². The van der Waals surface area contributed by atoms with Crippen molar-refractivity contribution in [2.24, 2.45) is 0 Å². The summed E-state index contributed by atoms with van der Waals surface area (Å²) in [6.07, 6.45) is 1.53. The number of hydrogen-bond donors (Lipinski definition) is 1. The molecule has 6 heteroatoms. The van der Waals surface area contributed by atoms with E-state index in [-0.39, 0.29) is 11.9 Å². The minimum Gasteiger partial charge on any atom is -0.378 e. The normalized spacial score (nSPS) is 10.9. The van der Waals surface area contributed by atoms with Gasteiger partial charge in [-0.15, -0.1) is 0 Å². The molecule has 0 fully saturated rings. The molecule has 0 unspecified atom stereocenters. The number of halogens is 2. The van der Waals surface area contributed by atoms with Crippen molar-refractivity contribution in [3.63, 3.8) is 0 Å². The van der Waals surface area contributed by atoms with E-state index in [1.165, 1.54) is 12.4 Å². The quantitative estimate of drug-likeness (QED) is 0.941. The summed E-state index contributed by atoms with van der Waals surface area (Å²) in [5.41, 5.74) is 0.717. The van der Waals surface area contributed by atoms with Crippen LogP contribution in [0.15, 0.2) is 29.0 Å². The first-order chi connectivity index (χ1) is 8.58. The molecule has 1 aromatic carbocycles. The van der Waals surface area contributed by atoms with Gasteiger partial charge in [-0.1, -0.05) is 0 Å². The standard InChI is InChI=1S/C12H14BrFN4/c1-8(2)18-12(16-7-17-18)6-15-9-3-4-10(13)11(14)5-9/h3-5,7-8,15H,6H2,1-2H3. The summed E-state index contributed by atoms with van der Waals surface area (Å²) in [5.74, 6) is 0.540. The lowest BCUT2D eigenvalue weighted by Crippen LogP contribution is -2.12. The Morgan fingerprint density at radius 3 is 2.89 bits per heavy atom. The molecule has 2 rings (SSSR count). The fraction of sp³-hybridized carbons (Fsp3) is 0.333. The zero-order chi connectivity index (χ0) is 13.1. The molecule has 0 saturated heterocycles. The van der Waals surface area contributed by atoms with Crippen LogP contribution in [0, 0.1) is 5.82 Å². The van der Waals surface area contributed by atoms with Gasteiger partial charge in [0.25, 0.3) is 0 Å². The zero-order valence-corrected chi connectivity index (χ0v) is 11.8. The molecule has 0 saturated carbocycles. The van der Waals surface area contributed by atoms with Crippen LogP contribution >= 0.6 is 15.9 Å². The van der Waals surface area contributed by atoms with Gasteiger partial charge in [-0.05, 0) is 48.0 Å². The molecular formula is C12H14BrFN4. The van der Waals surface area contributed by atoms with Gasteiger partial charge in [0.1, 0.15) is 18.0 Å². The number of aromatic nitrogens is 3. The van der Waals surface area contributed by atoms with E-state index in [4.69, 9.17) is 0 Å². The number of benzene rings is 1. The molecule has 1 N–H and O–H groups in total. The van der Waals surface area contributed by atoms with Crippen molar-refractivity contribution < 1.29 is 4.39 Å². The molecule has 0 aliphatic rings. The van der Waals surface area contributed by atoms with E-state index < -0.39 is 0 Å². The van der Waals surface area contributed by atoms with E-state index in [9.17, 15) is 4.39 Å². The predicted molar refractivity (Wildman–Crippen MR) is 71.8 cm³/mol. The van der Waals surface area contributed by atoms with E-state index in [2.05, 4.69) is 31.3 Å². The van der Waals surface area contributed by atoms with Gasteiger partial charge in [0, 0.05) is 11.7 Å². The first-order valence-corrected chi connectivity index (χ1v) is 6.44. The van der Waals surface area contributed by atoms with Gasteiger partial charge in [-0.3, -0.25) is 0 Å². The minimum absolute atomic E-state index is 0.256. The van der Waals surface area contributed by atoms with Crippen LogP contribution in [0.2, 0.25) is 0 Å². The topological polar surface area (TPSA) is 42.7 Å². The molecule has 0 amide bonds. The van der Waals surface area contributed by atoms with E-state index in [1.54, 1.807) is 6.07 Å². The van der Waals surface area contributed by atoms with Crippen LogP contribution < -0.4 is 5.32 Å². The highest BCUT2D eigenvalue weighted by atomic mass is 79.9.